The molecule has 6 nitrogen and oxygen atoms in total. The number of rotatable bonds is 3. The van der Waals surface area contributed by atoms with Crippen LogP contribution < -0.4 is 10.1 Å². The molecule has 2 heterocycles. The fraction of sp³-hybridized carbons (Fsp3) is 0.533. The highest BCUT2D eigenvalue weighted by atomic mass is 16.5. The number of ether oxygens (including phenoxy) is 1. The Hall–Kier alpha value is -2.11. The Morgan fingerprint density at radius 2 is 2.10 bits per heavy atom. The summed E-state index contributed by atoms with van der Waals surface area (Å²) in [6, 6.07) is 4.86. The van der Waals surface area contributed by atoms with Gasteiger partial charge in [-0.2, -0.15) is 0 Å². The van der Waals surface area contributed by atoms with Crippen LogP contribution in [0.4, 0.5) is 0 Å². The molecule has 21 heavy (non-hydrogen) atoms. The Morgan fingerprint density at radius 3 is 2.71 bits per heavy atom. The molecular formula is C15H21N3O3. The first-order valence-corrected chi connectivity index (χ1v) is 6.89. The number of carbonyl (C=O) groups is 2. The predicted octanol–water partition coefficient (Wildman–Crippen LogP) is 0.963. The zero-order valence-corrected chi connectivity index (χ0v) is 12.8. The van der Waals surface area contributed by atoms with E-state index in [1.807, 2.05) is 32.9 Å². The van der Waals surface area contributed by atoms with Gasteiger partial charge >= 0.3 is 0 Å². The van der Waals surface area contributed by atoms with Crippen LogP contribution in [-0.2, 0) is 16.1 Å². The number of carbonyl (C=O) groups excluding carboxylic acids is 2. The fourth-order valence-electron chi connectivity index (χ4n) is 2.28. The van der Waals surface area contributed by atoms with E-state index in [1.54, 1.807) is 13.2 Å². The lowest BCUT2D eigenvalue weighted by Gasteiger charge is -2.38. The van der Waals surface area contributed by atoms with Gasteiger partial charge in [-0.25, -0.2) is 4.98 Å². The second-order valence-electron chi connectivity index (χ2n) is 6.23. The Morgan fingerprint density at radius 1 is 1.38 bits per heavy atom. The monoisotopic (exact) mass is 291 g/mol. The lowest BCUT2D eigenvalue weighted by atomic mass is 9.85. The topological polar surface area (TPSA) is 71.5 Å². The van der Waals surface area contributed by atoms with Crippen molar-refractivity contribution >= 4 is 11.8 Å². The molecule has 0 saturated carbocycles. The highest BCUT2D eigenvalue weighted by Gasteiger charge is 2.39. The van der Waals surface area contributed by atoms with Crippen LogP contribution in [0.2, 0.25) is 0 Å². The number of hydrogen-bond donors (Lipinski definition) is 1. The molecule has 0 aliphatic carbocycles. The standard InChI is InChI=1S/C15H21N3O3/c1-15(2,3)13-14(20)18(9-11(19)17-13)8-10-6-5-7-12(16-10)21-4/h5-7,13H,8-9H2,1-4H3,(H,17,19). The SMILES string of the molecule is COc1cccc(CN2CC(=O)NC(C(C)(C)C)C2=O)n1. The summed E-state index contributed by atoms with van der Waals surface area (Å²) in [5, 5.41) is 2.77. The quantitative estimate of drug-likeness (QED) is 0.900. The van der Waals surface area contributed by atoms with Gasteiger partial charge in [0.2, 0.25) is 17.7 Å². The van der Waals surface area contributed by atoms with E-state index in [4.69, 9.17) is 4.74 Å². The fourth-order valence-corrected chi connectivity index (χ4v) is 2.28. The Labute approximate surface area is 124 Å². The zero-order valence-electron chi connectivity index (χ0n) is 12.8. The van der Waals surface area contributed by atoms with Crippen LogP contribution in [-0.4, -0.2) is 41.4 Å². The summed E-state index contributed by atoms with van der Waals surface area (Å²) in [4.78, 5) is 30.2. The van der Waals surface area contributed by atoms with Crippen LogP contribution in [0.5, 0.6) is 5.88 Å². The molecule has 1 fully saturated rings. The van der Waals surface area contributed by atoms with Gasteiger partial charge in [0.1, 0.15) is 12.6 Å². The maximum Gasteiger partial charge on any atom is 0.246 e. The summed E-state index contributed by atoms with van der Waals surface area (Å²) in [6.45, 7) is 6.16. The van der Waals surface area contributed by atoms with Gasteiger partial charge < -0.3 is 15.0 Å². The molecule has 1 saturated heterocycles. The van der Waals surface area contributed by atoms with Crippen LogP contribution in [0.25, 0.3) is 0 Å². The molecule has 0 aromatic carbocycles. The van der Waals surface area contributed by atoms with Crippen molar-refractivity contribution in [3.05, 3.63) is 23.9 Å². The van der Waals surface area contributed by atoms with Crippen LogP contribution in [0.15, 0.2) is 18.2 Å². The van der Waals surface area contributed by atoms with Crippen molar-refractivity contribution in [2.75, 3.05) is 13.7 Å². The second kappa shape index (κ2) is 5.71. The van der Waals surface area contributed by atoms with Gasteiger partial charge in [-0.3, -0.25) is 9.59 Å². The van der Waals surface area contributed by atoms with Gasteiger partial charge in [0.05, 0.1) is 19.3 Å². The van der Waals surface area contributed by atoms with Crippen molar-refractivity contribution < 1.29 is 14.3 Å². The molecule has 1 aromatic rings. The van der Waals surface area contributed by atoms with E-state index in [0.717, 1.165) is 0 Å². The normalized spacial score (nSPS) is 19.4. The minimum absolute atomic E-state index is 0.0598. The lowest BCUT2D eigenvalue weighted by Crippen LogP contribution is -2.61. The van der Waals surface area contributed by atoms with Crippen molar-refractivity contribution in [2.45, 2.75) is 33.4 Å². The molecule has 0 radical (unpaired) electrons. The molecule has 1 N–H and O–H groups in total. The third-order valence-electron chi connectivity index (χ3n) is 3.41. The number of methoxy groups -OCH3 is 1. The summed E-state index contributed by atoms with van der Waals surface area (Å²) in [5.41, 5.74) is 0.373. The average Bonchev–Trinajstić information content (AvgIpc) is 2.41. The molecule has 0 spiro atoms. The van der Waals surface area contributed by atoms with E-state index in [9.17, 15) is 9.59 Å². The third-order valence-corrected chi connectivity index (χ3v) is 3.41. The molecule has 1 aliphatic heterocycles. The number of aromatic nitrogens is 1. The first kappa shape index (κ1) is 15.3. The number of amides is 2. The van der Waals surface area contributed by atoms with Crippen molar-refractivity contribution in [3.63, 3.8) is 0 Å². The maximum absolute atomic E-state index is 12.5. The van der Waals surface area contributed by atoms with Crippen molar-refractivity contribution in [3.8, 4) is 5.88 Å². The maximum atomic E-state index is 12.5. The van der Waals surface area contributed by atoms with Gasteiger partial charge in [-0.05, 0) is 11.5 Å². The van der Waals surface area contributed by atoms with Gasteiger partial charge in [0.15, 0.2) is 0 Å². The number of nitrogens with zero attached hydrogens (tertiary/aromatic N) is 2. The van der Waals surface area contributed by atoms with Crippen LogP contribution in [0.1, 0.15) is 26.5 Å². The number of piperazine rings is 1. The van der Waals surface area contributed by atoms with Crippen LogP contribution >= 0.6 is 0 Å². The van der Waals surface area contributed by atoms with Gasteiger partial charge in [-0.15, -0.1) is 0 Å². The van der Waals surface area contributed by atoms with Gasteiger partial charge in [0, 0.05) is 6.07 Å². The molecule has 1 unspecified atom stereocenters. The zero-order chi connectivity index (χ0) is 15.6. The minimum Gasteiger partial charge on any atom is -0.481 e. The van der Waals surface area contributed by atoms with E-state index >= 15 is 0 Å². The smallest absolute Gasteiger partial charge is 0.246 e. The predicted molar refractivity (Wildman–Crippen MR) is 77.6 cm³/mol. The summed E-state index contributed by atoms with van der Waals surface area (Å²) < 4.78 is 5.07. The Balaban J connectivity index is 2.18. The molecule has 2 rings (SSSR count). The first-order valence-electron chi connectivity index (χ1n) is 6.89. The van der Waals surface area contributed by atoms with Crippen molar-refractivity contribution in [1.82, 2.24) is 15.2 Å². The van der Waals surface area contributed by atoms with Crippen LogP contribution in [0.3, 0.4) is 0 Å². The summed E-state index contributed by atoms with van der Waals surface area (Å²) >= 11 is 0. The lowest BCUT2D eigenvalue weighted by molar-refractivity contribution is -0.148. The average molecular weight is 291 g/mol. The minimum atomic E-state index is -0.510. The van der Waals surface area contributed by atoms with Gasteiger partial charge in [0.25, 0.3) is 0 Å². The number of nitrogens with one attached hydrogen (secondary N) is 1. The Bertz CT molecular complexity index is 551. The molecule has 6 heteroatoms. The second-order valence-corrected chi connectivity index (χ2v) is 6.23. The van der Waals surface area contributed by atoms with E-state index in [1.165, 1.54) is 4.90 Å². The molecule has 1 aliphatic rings. The Kier molecular flexibility index (Phi) is 4.16. The van der Waals surface area contributed by atoms with E-state index in [-0.39, 0.29) is 23.8 Å². The summed E-state index contributed by atoms with van der Waals surface area (Å²) in [6.07, 6.45) is 0. The van der Waals surface area contributed by atoms with E-state index in [0.29, 0.717) is 18.1 Å². The molecular weight excluding hydrogens is 270 g/mol. The highest BCUT2D eigenvalue weighted by Crippen LogP contribution is 2.24. The molecule has 1 aromatic heterocycles. The third kappa shape index (κ3) is 3.51. The first-order chi connectivity index (χ1) is 9.81. The van der Waals surface area contributed by atoms with E-state index < -0.39 is 6.04 Å². The van der Waals surface area contributed by atoms with Crippen LogP contribution in [0, 0.1) is 5.41 Å². The summed E-state index contributed by atoms with van der Waals surface area (Å²) in [5.74, 6) is 0.276. The molecule has 2 amide bonds. The highest BCUT2D eigenvalue weighted by molar-refractivity contribution is 5.95. The molecule has 0 bridgehead atoms. The van der Waals surface area contributed by atoms with Crippen molar-refractivity contribution in [2.24, 2.45) is 5.41 Å². The number of hydrogen-bond acceptors (Lipinski definition) is 4. The van der Waals surface area contributed by atoms with Crippen molar-refractivity contribution in [1.29, 1.82) is 0 Å². The van der Waals surface area contributed by atoms with E-state index in [2.05, 4.69) is 10.3 Å². The number of pyridine rings is 1. The molecule has 114 valence electrons. The largest absolute Gasteiger partial charge is 0.481 e. The summed E-state index contributed by atoms with van der Waals surface area (Å²) in [7, 11) is 1.54. The molecule has 1 atom stereocenters. The van der Waals surface area contributed by atoms with Gasteiger partial charge in [-0.1, -0.05) is 26.8 Å².